The molecule has 0 aliphatic carbocycles. The van der Waals surface area contributed by atoms with Crippen molar-refractivity contribution in [1.82, 2.24) is 0 Å². The summed E-state index contributed by atoms with van der Waals surface area (Å²) in [5.41, 5.74) is 1.07. The summed E-state index contributed by atoms with van der Waals surface area (Å²) in [5, 5.41) is 8.83. The number of carbonyl (C=O) groups excluding carboxylic acids is 2. The number of methoxy groups -OCH3 is 2. The predicted octanol–water partition coefficient (Wildman–Crippen LogP) is 1.47. The summed E-state index contributed by atoms with van der Waals surface area (Å²) in [5.74, 6) is -0.963. The first-order valence-electron chi connectivity index (χ1n) is 5.60. The Hall–Kier alpha value is -2.07. The standard InChI is InChI=1S/C13H13BrN2O4/c1-19-12(17)7-16(8-13(18)20-2)11-4-3-9(6-15)5-10(11)14/h3-5H,7-8H2,1-2H3. The van der Waals surface area contributed by atoms with Crippen molar-refractivity contribution in [2.45, 2.75) is 0 Å². The van der Waals surface area contributed by atoms with Gasteiger partial charge in [0.15, 0.2) is 0 Å². The molecule has 0 saturated carbocycles. The van der Waals surface area contributed by atoms with Gasteiger partial charge in [0.2, 0.25) is 0 Å². The van der Waals surface area contributed by atoms with Crippen LogP contribution in [0.1, 0.15) is 5.56 Å². The van der Waals surface area contributed by atoms with E-state index in [9.17, 15) is 9.59 Å². The molecular formula is C13H13BrN2O4. The van der Waals surface area contributed by atoms with E-state index in [0.29, 0.717) is 15.7 Å². The molecule has 0 heterocycles. The van der Waals surface area contributed by atoms with Crippen molar-refractivity contribution in [2.24, 2.45) is 0 Å². The number of nitriles is 1. The van der Waals surface area contributed by atoms with Crippen molar-refractivity contribution in [2.75, 3.05) is 32.2 Å². The van der Waals surface area contributed by atoms with E-state index in [1.165, 1.54) is 19.1 Å². The number of halogens is 1. The molecular weight excluding hydrogens is 328 g/mol. The van der Waals surface area contributed by atoms with Crippen LogP contribution in [-0.4, -0.2) is 39.2 Å². The molecule has 0 amide bonds. The van der Waals surface area contributed by atoms with Gasteiger partial charge >= 0.3 is 11.9 Å². The zero-order valence-corrected chi connectivity index (χ0v) is 12.6. The first-order chi connectivity index (χ1) is 9.51. The molecule has 0 aromatic heterocycles. The lowest BCUT2D eigenvalue weighted by molar-refractivity contribution is -0.140. The van der Waals surface area contributed by atoms with Crippen LogP contribution in [0.3, 0.4) is 0 Å². The van der Waals surface area contributed by atoms with Crippen LogP contribution in [0.5, 0.6) is 0 Å². The lowest BCUT2D eigenvalue weighted by Gasteiger charge is -2.23. The molecule has 0 fully saturated rings. The van der Waals surface area contributed by atoms with Crippen molar-refractivity contribution >= 4 is 33.6 Å². The third-order valence-electron chi connectivity index (χ3n) is 2.51. The number of hydrogen-bond donors (Lipinski definition) is 0. The summed E-state index contributed by atoms with van der Waals surface area (Å²) >= 11 is 3.32. The average Bonchev–Trinajstić information content (AvgIpc) is 2.45. The van der Waals surface area contributed by atoms with Gasteiger partial charge in [-0.25, -0.2) is 0 Å². The number of hydrogen-bond acceptors (Lipinski definition) is 6. The summed E-state index contributed by atoms with van der Waals surface area (Å²) in [6.07, 6.45) is 0. The highest BCUT2D eigenvalue weighted by Gasteiger charge is 2.18. The van der Waals surface area contributed by atoms with Crippen molar-refractivity contribution < 1.29 is 19.1 Å². The summed E-state index contributed by atoms with van der Waals surface area (Å²) in [6, 6.07) is 6.86. The zero-order chi connectivity index (χ0) is 15.1. The van der Waals surface area contributed by atoms with Crippen LogP contribution in [-0.2, 0) is 19.1 Å². The molecule has 1 rings (SSSR count). The molecule has 20 heavy (non-hydrogen) atoms. The number of ether oxygens (including phenoxy) is 2. The second kappa shape index (κ2) is 7.50. The summed E-state index contributed by atoms with van der Waals surface area (Å²) in [7, 11) is 2.54. The fourth-order valence-electron chi connectivity index (χ4n) is 1.50. The monoisotopic (exact) mass is 340 g/mol. The Kier molecular flexibility index (Phi) is 6.00. The molecule has 0 aliphatic heterocycles. The van der Waals surface area contributed by atoms with Crippen LogP contribution >= 0.6 is 15.9 Å². The quantitative estimate of drug-likeness (QED) is 0.755. The Balaban J connectivity index is 3.06. The fourth-order valence-corrected chi connectivity index (χ4v) is 2.13. The Bertz CT molecular complexity index is 536. The normalized spacial score (nSPS) is 9.50. The number of carbonyl (C=O) groups is 2. The molecule has 0 spiro atoms. The highest BCUT2D eigenvalue weighted by atomic mass is 79.9. The van der Waals surface area contributed by atoms with E-state index in [-0.39, 0.29) is 13.1 Å². The van der Waals surface area contributed by atoms with Gasteiger partial charge in [0.25, 0.3) is 0 Å². The van der Waals surface area contributed by atoms with Gasteiger partial charge in [-0.15, -0.1) is 0 Å². The lowest BCUT2D eigenvalue weighted by atomic mass is 10.2. The molecule has 1 aromatic rings. The molecule has 0 unspecified atom stereocenters. The zero-order valence-electron chi connectivity index (χ0n) is 11.1. The van der Waals surface area contributed by atoms with Crippen molar-refractivity contribution in [3.63, 3.8) is 0 Å². The van der Waals surface area contributed by atoms with Crippen LogP contribution in [0.15, 0.2) is 22.7 Å². The minimum Gasteiger partial charge on any atom is -0.468 e. The maximum atomic E-state index is 11.4. The highest BCUT2D eigenvalue weighted by Crippen LogP contribution is 2.27. The summed E-state index contributed by atoms with van der Waals surface area (Å²) < 4.78 is 9.80. The molecule has 6 nitrogen and oxygen atoms in total. The number of nitrogens with zero attached hydrogens (tertiary/aromatic N) is 2. The fraction of sp³-hybridized carbons (Fsp3) is 0.308. The van der Waals surface area contributed by atoms with E-state index >= 15 is 0 Å². The Morgan fingerprint density at radius 2 is 1.80 bits per heavy atom. The first kappa shape index (κ1) is 16.0. The number of benzene rings is 1. The van der Waals surface area contributed by atoms with Gasteiger partial charge in [0, 0.05) is 4.47 Å². The van der Waals surface area contributed by atoms with Crippen molar-refractivity contribution in [1.29, 1.82) is 5.26 Å². The predicted molar refractivity (Wildman–Crippen MR) is 75.1 cm³/mol. The van der Waals surface area contributed by atoms with Gasteiger partial charge in [-0.2, -0.15) is 5.26 Å². The van der Waals surface area contributed by atoms with Crippen LogP contribution in [0.2, 0.25) is 0 Å². The molecule has 0 bridgehead atoms. The first-order valence-corrected chi connectivity index (χ1v) is 6.39. The molecule has 0 N–H and O–H groups in total. The van der Waals surface area contributed by atoms with Crippen molar-refractivity contribution in [3.05, 3.63) is 28.2 Å². The van der Waals surface area contributed by atoms with Crippen LogP contribution < -0.4 is 4.90 Å². The van der Waals surface area contributed by atoms with Crippen molar-refractivity contribution in [3.8, 4) is 6.07 Å². The van der Waals surface area contributed by atoms with Gasteiger partial charge in [0.05, 0.1) is 31.5 Å². The minimum absolute atomic E-state index is 0.101. The maximum Gasteiger partial charge on any atom is 0.325 e. The third-order valence-corrected chi connectivity index (χ3v) is 3.15. The van der Waals surface area contributed by atoms with E-state index in [4.69, 9.17) is 5.26 Å². The van der Waals surface area contributed by atoms with E-state index in [1.807, 2.05) is 6.07 Å². The lowest BCUT2D eigenvalue weighted by Crippen LogP contribution is -2.35. The summed E-state index contributed by atoms with van der Waals surface area (Å²) in [6.45, 7) is -0.202. The second-order valence-electron chi connectivity index (χ2n) is 3.79. The Morgan fingerprint density at radius 3 is 2.20 bits per heavy atom. The van der Waals surface area contributed by atoms with E-state index < -0.39 is 11.9 Å². The van der Waals surface area contributed by atoms with Crippen LogP contribution in [0.25, 0.3) is 0 Å². The molecule has 1 aromatic carbocycles. The number of anilines is 1. The van der Waals surface area contributed by atoms with Gasteiger partial charge in [-0.1, -0.05) is 0 Å². The molecule has 106 valence electrons. The smallest absolute Gasteiger partial charge is 0.325 e. The topological polar surface area (TPSA) is 79.6 Å². The highest BCUT2D eigenvalue weighted by molar-refractivity contribution is 9.10. The average molecular weight is 341 g/mol. The van der Waals surface area contributed by atoms with Crippen LogP contribution in [0.4, 0.5) is 5.69 Å². The third kappa shape index (κ3) is 4.24. The van der Waals surface area contributed by atoms with Gasteiger partial charge in [0.1, 0.15) is 13.1 Å². The second-order valence-corrected chi connectivity index (χ2v) is 4.64. The Labute approximate surface area is 125 Å². The minimum atomic E-state index is -0.481. The molecule has 0 aliphatic rings. The van der Waals surface area contributed by atoms with E-state index in [0.717, 1.165) is 0 Å². The van der Waals surface area contributed by atoms with Gasteiger partial charge in [-0.3, -0.25) is 9.59 Å². The largest absolute Gasteiger partial charge is 0.468 e. The van der Waals surface area contributed by atoms with E-state index in [2.05, 4.69) is 25.4 Å². The van der Waals surface area contributed by atoms with Gasteiger partial charge in [-0.05, 0) is 34.1 Å². The summed E-state index contributed by atoms with van der Waals surface area (Å²) in [4.78, 5) is 24.3. The maximum absolute atomic E-state index is 11.4. The Morgan fingerprint density at radius 1 is 1.25 bits per heavy atom. The van der Waals surface area contributed by atoms with E-state index in [1.54, 1.807) is 18.2 Å². The molecule has 7 heteroatoms. The van der Waals surface area contributed by atoms with Crippen LogP contribution in [0, 0.1) is 11.3 Å². The number of esters is 2. The van der Waals surface area contributed by atoms with Gasteiger partial charge < -0.3 is 14.4 Å². The molecule has 0 atom stereocenters. The molecule has 0 radical (unpaired) electrons. The molecule has 0 saturated heterocycles. The SMILES string of the molecule is COC(=O)CN(CC(=O)OC)c1ccc(C#N)cc1Br. The number of rotatable bonds is 5.